The van der Waals surface area contributed by atoms with E-state index in [0.29, 0.717) is 11.8 Å². The highest BCUT2D eigenvalue weighted by Gasteiger charge is 2.28. The zero-order valence-electron chi connectivity index (χ0n) is 32.9. The lowest BCUT2D eigenvalue weighted by molar-refractivity contribution is 0.524. The molecule has 1 heterocycles. The lowest BCUT2D eigenvalue weighted by atomic mass is 9.78. The second-order valence-electron chi connectivity index (χ2n) is 16.0. The summed E-state index contributed by atoms with van der Waals surface area (Å²) in [5.74, 6) is 0.715. The molecule has 10 rings (SSSR count). The summed E-state index contributed by atoms with van der Waals surface area (Å²) in [7, 11) is 0. The van der Waals surface area contributed by atoms with Crippen molar-refractivity contribution in [2.75, 3.05) is 0 Å². The maximum Gasteiger partial charge on any atom is 0.0960 e. The van der Waals surface area contributed by atoms with Gasteiger partial charge in [0.2, 0.25) is 0 Å². The van der Waals surface area contributed by atoms with Crippen molar-refractivity contribution < 1.29 is 0 Å². The third-order valence-electron chi connectivity index (χ3n) is 12.3. The summed E-state index contributed by atoms with van der Waals surface area (Å²) in [6.45, 7) is 7.00. The smallest absolute Gasteiger partial charge is 0.0960 e. The minimum Gasteiger partial charge on any atom is -0.276 e. The van der Waals surface area contributed by atoms with Crippen LogP contribution in [0.5, 0.6) is 0 Å². The molecule has 0 bridgehead atoms. The van der Waals surface area contributed by atoms with E-state index < -0.39 is 0 Å². The van der Waals surface area contributed by atoms with E-state index in [1.807, 2.05) is 0 Å². The normalized spacial score (nSPS) is 17.2. The molecule has 1 aliphatic heterocycles. The van der Waals surface area contributed by atoms with Crippen LogP contribution in [0, 0.1) is 5.92 Å². The highest BCUT2D eigenvalue weighted by atomic mass is 14.8. The van der Waals surface area contributed by atoms with Crippen LogP contribution in [0.4, 0.5) is 0 Å². The summed E-state index contributed by atoms with van der Waals surface area (Å²) in [6.07, 6.45) is 1.97. The number of benzene rings is 9. The molecular formula is C57H45N. The van der Waals surface area contributed by atoms with Gasteiger partial charge in [0, 0.05) is 5.71 Å². The molecule has 1 nitrogen and oxygen atoms in total. The Kier molecular flexibility index (Phi) is 9.36. The van der Waals surface area contributed by atoms with E-state index in [0.717, 1.165) is 12.8 Å². The van der Waals surface area contributed by atoms with Gasteiger partial charge in [-0.25, -0.2) is 0 Å². The zero-order valence-corrected chi connectivity index (χ0v) is 32.9. The third-order valence-corrected chi connectivity index (χ3v) is 12.3. The van der Waals surface area contributed by atoms with E-state index in [9.17, 15) is 0 Å². The summed E-state index contributed by atoms with van der Waals surface area (Å²) in [5.41, 5.74) is 13.4. The fraction of sp³-hybridized carbons (Fsp3) is 0.105. The highest BCUT2D eigenvalue weighted by molar-refractivity contribution is 6.25. The summed E-state index contributed by atoms with van der Waals surface area (Å²) in [4.78, 5) is 5.49. The molecule has 9 aromatic carbocycles. The zero-order chi connectivity index (χ0) is 39.0. The van der Waals surface area contributed by atoms with Crippen molar-refractivity contribution in [1.29, 1.82) is 0 Å². The van der Waals surface area contributed by atoms with Gasteiger partial charge in [-0.15, -0.1) is 0 Å². The van der Waals surface area contributed by atoms with Crippen molar-refractivity contribution in [2.24, 2.45) is 10.9 Å². The maximum atomic E-state index is 5.49. The number of hydrogen-bond acceptors (Lipinski definition) is 1. The first kappa shape index (κ1) is 35.6. The number of fused-ring (bicyclic) bond motifs is 6. The summed E-state index contributed by atoms with van der Waals surface area (Å²) >= 11 is 0. The van der Waals surface area contributed by atoms with Gasteiger partial charge in [-0.2, -0.15) is 0 Å². The molecule has 1 heteroatoms. The van der Waals surface area contributed by atoms with Crippen LogP contribution in [0.3, 0.4) is 0 Å². The van der Waals surface area contributed by atoms with Crippen LogP contribution >= 0.6 is 0 Å². The lowest BCUT2D eigenvalue weighted by Crippen LogP contribution is -2.21. The van der Waals surface area contributed by atoms with Gasteiger partial charge in [0.1, 0.15) is 0 Å². The van der Waals surface area contributed by atoms with E-state index >= 15 is 0 Å². The fourth-order valence-corrected chi connectivity index (χ4v) is 9.32. The third kappa shape index (κ3) is 6.73. The van der Waals surface area contributed by atoms with Crippen LogP contribution in [-0.2, 0) is 0 Å². The van der Waals surface area contributed by atoms with Crippen LogP contribution in [0.2, 0.25) is 0 Å². The molecule has 0 saturated carbocycles. The van der Waals surface area contributed by atoms with Gasteiger partial charge in [-0.05, 0) is 119 Å². The van der Waals surface area contributed by atoms with Gasteiger partial charge in [0.25, 0.3) is 0 Å². The standard InChI is InChI=1S/C57H45N/c1-38-35-49(40-13-5-3-6-14-40)36-39(2)57(58-56(38)46-15-7-4-8-16-46)47-31-29-44(30-32-47)42-23-21-41(22-24-42)43-25-27-45(28-26-43)48-33-34-54-52-19-10-9-17-50(52)51-18-11-12-20-53(51)55(54)37-48/h3-34,37-38,49,57H,2,35-36H2,1H3. The van der Waals surface area contributed by atoms with Crippen molar-refractivity contribution in [1.82, 2.24) is 0 Å². The Morgan fingerprint density at radius 1 is 0.397 bits per heavy atom. The van der Waals surface area contributed by atoms with Gasteiger partial charge in [0.05, 0.1) is 6.04 Å². The molecule has 0 aliphatic carbocycles. The van der Waals surface area contributed by atoms with Gasteiger partial charge < -0.3 is 0 Å². The van der Waals surface area contributed by atoms with Crippen LogP contribution in [-0.4, -0.2) is 5.71 Å². The molecule has 1 aliphatic rings. The molecule has 3 unspecified atom stereocenters. The van der Waals surface area contributed by atoms with E-state index in [2.05, 4.69) is 214 Å². The number of hydrogen-bond donors (Lipinski definition) is 0. The van der Waals surface area contributed by atoms with E-state index in [1.54, 1.807) is 0 Å². The second-order valence-corrected chi connectivity index (χ2v) is 16.0. The quantitative estimate of drug-likeness (QED) is 0.119. The average Bonchev–Trinajstić information content (AvgIpc) is 3.29. The van der Waals surface area contributed by atoms with E-state index in [-0.39, 0.29) is 6.04 Å². The Bertz CT molecular complexity index is 2900. The minimum absolute atomic E-state index is 0.0996. The van der Waals surface area contributed by atoms with Crippen LogP contribution in [0.15, 0.2) is 217 Å². The number of nitrogens with zero attached hydrogens (tertiary/aromatic N) is 1. The maximum absolute atomic E-state index is 5.49. The first-order valence-electron chi connectivity index (χ1n) is 20.6. The minimum atomic E-state index is -0.0996. The molecular weight excluding hydrogens is 699 g/mol. The largest absolute Gasteiger partial charge is 0.276 e. The van der Waals surface area contributed by atoms with Crippen LogP contribution in [0.1, 0.15) is 48.4 Å². The Morgan fingerprint density at radius 3 is 1.34 bits per heavy atom. The molecule has 0 fully saturated rings. The van der Waals surface area contributed by atoms with Gasteiger partial charge in [0.15, 0.2) is 0 Å². The SMILES string of the molecule is C=C1CC(c2ccccc2)CC(C)C(c2ccccc2)=NC1c1ccc(-c2ccc(-c3ccc(-c4ccc5c6ccccc6c6ccccc6c5c4)cc3)cc2)cc1. The molecule has 9 aromatic rings. The molecule has 0 spiro atoms. The molecule has 0 N–H and O–H groups in total. The Labute approximate surface area is 341 Å². The van der Waals surface area contributed by atoms with Crippen molar-refractivity contribution in [3.8, 4) is 33.4 Å². The molecule has 0 aromatic heterocycles. The number of aliphatic imine (C=N–C) groups is 1. The number of rotatable bonds is 6. The van der Waals surface area contributed by atoms with E-state index in [1.165, 1.54) is 93.7 Å². The van der Waals surface area contributed by atoms with E-state index in [4.69, 9.17) is 4.99 Å². The van der Waals surface area contributed by atoms with Crippen LogP contribution in [0.25, 0.3) is 65.7 Å². The van der Waals surface area contributed by atoms with Gasteiger partial charge >= 0.3 is 0 Å². The first-order chi connectivity index (χ1) is 28.6. The van der Waals surface area contributed by atoms with Crippen molar-refractivity contribution in [3.63, 3.8) is 0 Å². The first-order valence-corrected chi connectivity index (χ1v) is 20.6. The summed E-state index contributed by atoms with van der Waals surface area (Å²) in [5, 5.41) is 7.81. The second kappa shape index (κ2) is 15.3. The summed E-state index contributed by atoms with van der Waals surface area (Å²) < 4.78 is 0. The van der Waals surface area contributed by atoms with Crippen molar-refractivity contribution >= 4 is 38.0 Å². The summed E-state index contributed by atoms with van der Waals surface area (Å²) in [6, 6.07) is 73.0. The molecule has 0 saturated heterocycles. The van der Waals surface area contributed by atoms with Gasteiger partial charge in [-0.3, -0.25) is 4.99 Å². The Morgan fingerprint density at radius 2 is 0.810 bits per heavy atom. The predicted molar refractivity (Wildman–Crippen MR) is 248 cm³/mol. The molecule has 278 valence electrons. The fourth-order valence-electron chi connectivity index (χ4n) is 9.32. The van der Waals surface area contributed by atoms with Crippen molar-refractivity contribution in [3.05, 3.63) is 229 Å². The van der Waals surface area contributed by atoms with Gasteiger partial charge in [-0.1, -0.05) is 208 Å². The Balaban J connectivity index is 0.903. The van der Waals surface area contributed by atoms with Crippen LogP contribution < -0.4 is 0 Å². The highest BCUT2D eigenvalue weighted by Crippen LogP contribution is 2.41. The monoisotopic (exact) mass is 743 g/mol. The topological polar surface area (TPSA) is 12.4 Å². The van der Waals surface area contributed by atoms with Crippen molar-refractivity contribution in [2.45, 2.75) is 31.7 Å². The molecule has 0 radical (unpaired) electrons. The Hall–Kier alpha value is -6.83. The molecule has 0 amide bonds. The molecule has 58 heavy (non-hydrogen) atoms. The average molecular weight is 744 g/mol. The molecule has 3 atom stereocenters. The lowest BCUT2D eigenvalue weighted by Gasteiger charge is -2.30. The predicted octanol–water partition coefficient (Wildman–Crippen LogP) is 15.4.